The van der Waals surface area contributed by atoms with Crippen LogP contribution in [0.3, 0.4) is 0 Å². The Bertz CT molecular complexity index is 442. The number of sulfonamides is 1. The molecule has 0 bridgehead atoms. The summed E-state index contributed by atoms with van der Waals surface area (Å²) in [4.78, 5) is -0.256. The maximum atomic E-state index is 12.7. The molecule has 0 saturated heterocycles. The van der Waals surface area contributed by atoms with E-state index in [0.717, 1.165) is 18.2 Å². The molecular weight excluding hydrogens is 209 g/mol. The van der Waals surface area contributed by atoms with Crippen LogP contribution in [0.1, 0.15) is 18.6 Å². The maximum Gasteiger partial charge on any atom is 0.238 e. The third-order valence-electron chi connectivity index (χ3n) is 1.73. The molecule has 14 heavy (non-hydrogen) atoms. The van der Waals surface area contributed by atoms with Crippen LogP contribution >= 0.6 is 0 Å². The van der Waals surface area contributed by atoms with Crippen LogP contribution in [-0.2, 0) is 10.0 Å². The Kier molecular flexibility index (Phi) is 2.89. The lowest BCUT2D eigenvalue weighted by Gasteiger charge is -2.09. The van der Waals surface area contributed by atoms with Gasteiger partial charge in [-0.25, -0.2) is 17.9 Å². The lowest BCUT2D eigenvalue weighted by molar-refractivity contribution is 0.195. The Morgan fingerprint density at radius 2 is 2.07 bits per heavy atom. The molecule has 0 aliphatic heterocycles. The molecule has 1 atom stereocenters. The van der Waals surface area contributed by atoms with E-state index in [1.54, 1.807) is 0 Å². The highest BCUT2D eigenvalue weighted by atomic mass is 32.2. The van der Waals surface area contributed by atoms with Gasteiger partial charge in [-0.15, -0.1) is 0 Å². The number of benzene rings is 1. The van der Waals surface area contributed by atoms with Crippen molar-refractivity contribution >= 4 is 10.0 Å². The summed E-state index contributed by atoms with van der Waals surface area (Å²) < 4.78 is 34.8. The van der Waals surface area contributed by atoms with E-state index in [2.05, 4.69) is 0 Å². The van der Waals surface area contributed by atoms with Crippen molar-refractivity contribution in [3.05, 3.63) is 29.6 Å². The van der Waals surface area contributed by atoms with Crippen molar-refractivity contribution in [1.29, 1.82) is 0 Å². The number of aliphatic hydroxyl groups excluding tert-OH is 1. The number of halogens is 1. The first-order valence-electron chi connectivity index (χ1n) is 3.82. The van der Waals surface area contributed by atoms with Gasteiger partial charge in [-0.3, -0.25) is 0 Å². The Labute approximate surface area is 81.2 Å². The average molecular weight is 219 g/mol. The molecule has 78 valence electrons. The predicted molar refractivity (Wildman–Crippen MR) is 48.4 cm³/mol. The van der Waals surface area contributed by atoms with E-state index in [1.807, 2.05) is 0 Å². The van der Waals surface area contributed by atoms with E-state index < -0.39 is 21.9 Å². The quantitative estimate of drug-likeness (QED) is 0.761. The SMILES string of the molecule is CC(O)c1cc(F)ccc1S(N)(=O)=O. The van der Waals surface area contributed by atoms with Crippen LogP contribution in [-0.4, -0.2) is 13.5 Å². The van der Waals surface area contributed by atoms with Crippen LogP contribution < -0.4 is 5.14 Å². The normalized spacial score (nSPS) is 14.0. The van der Waals surface area contributed by atoms with Crippen molar-refractivity contribution in [2.75, 3.05) is 0 Å². The molecular formula is C8H10FNO3S. The van der Waals surface area contributed by atoms with Crippen LogP contribution in [0.2, 0.25) is 0 Å². The first-order chi connectivity index (χ1) is 6.32. The minimum absolute atomic E-state index is 0.0347. The first-order valence-corrected chi connectivity index (χ1v) is 5.37. The van der Waals surface area contributed by atoms with Crippen LogP contribution in [0.4, 0.5) is 4.39 Å². The van der Waals surface area contributed by atoms with Crippen molar-refractivity contribution in [3.63, 3.8) is 0 Å². The molecule has 0 fully saturated rings. The number of rotatable bonds is 2. The molecule has 0 saturated carbocycles. The summed E-state index contributed by atoms with van der Waals surface area (Å²) in [7, 11) is -3.92. The molecule has 0 amide bonds. The lowest BCUT2D eigenvalue weighted by atomic mass is 10.1. The third-order valence-corrected chi connectivity index (χ3v) is 2.71. The number of primary sulfonamides is 1. The average Bonchev–Trinajstić information content (AvgIpc) is 2.01. The highest BCUT2D eigenvalue weighted by Crippen LogP contribution is 2.22. The molecule has 3 N–H and O–H groups in total. The maximum absolute atomic E-state index is 12.7. The molecule has 1 aromatic carbocycles. The zero-order valence-electron chi connectivity index (χ0n) is 7.44. The van der Waals surface area contributed by atoms with Gasteiger partial charge in [-0.2, -0.15) is 0 Å². The molecule has 0 aliphatic rings. The van der Waals surface area contributed by atoms with E-state index in [-0.39, 0.29) is 10.5 Å². The van der Waals surface area contributed by atoms with Crippen molar-refractivity contribution < 1.29 is 17.9 Å². The number of hydrogen-bond donors (Lipinski definition) is 2. The van der Waals surface area contributed by atoms with Gasteiger partial charge in [0.05, 0.1) is 11.0 Å². The molecule has 1 unspecified atom stereocenters. The van der Waals surface area contributed by atoms with Gasteiger partial charge < -0.3 is 5.11 Å². The highest BCUT2D eigenvalue weighted by Gasteiger charge is 2.17. The third kappa shape index (κ3) is 2.28. The fourth-order valence-corrected chi connectivity index (χ4v) is 1.92. The summed E-state index contributed by atoms with van der Waals surface area (Å²) in [6.07, 6.45) is -1.08. The molecule has 1 aromatic rings. The van der Waals surface area contributed by atoms with Gasteiger partial charge in [0, 0.05) is 5.56 Å². The van der Waals surface area contributed by atoms with Crippen molar-refractivity contribution in [2.24, 2.45) is 5.14 Å². The lowest BCUT2D eigenvalue weighted by Crippen LogP contribution is -2.15. The van der Waals surface area contributed by atoms with E-state index in [9.17, 15) is 17.9 Å². The van der Waals surface area contributed by atoms with E-state index in [0.29, 0.717) is 0 Å². The minimum atomic E-state index is -3.92. The topological polar surface area (TPSA) is 80.4 Å². The standard InChI is InChI=1S/C8H10FNO3S/c1-5(11)7-4-6(9)2-3-8(7)14(10,12)13/h2-5,11H,1H3,(H2,10,12,13). The number of aliphatic hydroxyl groups is 1. The van der Waals surface area contributed by atoms with Crippen molar-refractivity contribution in [1.82, 2.24) is 0 Å². The summed E-state index contributed by atoms with van der Waals surface area (Å²) in [6, 6.07) is 2.96. The number of hydrogen-bond acceptors (Lipinski definition) is 3. The van der Waals surface area contributed by atoms with Gasteiger partial charge in [0.2, 0.25) is 10.0 Å². The molecule has 0 heterocycles. The second-order valence-electron chi connectivity index (χ2n) is 2.90. The highest BCUT2D eigenvalue weighted by molar-refractivity contribution is 7.89. The Morgan fingerprint density at radius 3 is 2.50 bits per heavy atom. The van der Waals surface area contributed by atoms with Gasteiger partial charge in [-0.1, -0.05) is 0 Å². The van der Waals surface area contributed by atoms with Crippen molar-refractivity contribution in [2.45, 2.75) is 17.9 Å². The molecule has 0 aromatic heterocycles. The fourth-order valence-electron chi connectivity index (χ4n) is 1.10. The van der Waals surface area contributed by atoms with E-state index in [1.165, 1.54) is 6.92 Å². The monoisotopic (exact) mass is 219 g/mol. The molecule has 0 spiro atoms. The molecule has 4 nitrogen and oxygen atoms in total. The Morgan fingerprint density at radius 1 is 1.50 bits per heavy atom. The number of nitrogens with two attached hydrogens (primary N) is 1. The van der Waals surface area contributed by atoms with E-state index in [4.69, 9.17) is 5.14 Å². The molecule has 6 heteroatoms. The summed E-state index contributed by atoms with van der Waals surface area (Å²) in [5, 5.41) is 14.1. The van der Waals surface area contributed by atoms with Gasteiger partial charge >= 0.3 is 0 Å². The Hall–Kier alpha value is -0.980. The summed E-state index contributed by atoms with van der Waals surface area (Å²) in [5.41, 5.74) is -0.0347. The van der Waals surface area contributed by atoms with Crippen LogP contribution in [0.15, 0.2) is 23.1 Å². The van der Waals surface area contributed by atoms with Gasteiger partial charge in [0.15, 0.2) is 0 Å². The van der Waals surface area contributed by atoms with Crippen molar-refractivity contribution in [3.8, 4) is 0 Å². The van der Waals surface area contributed by atoms with Crippen LogP contribution in [0.5, 0.6) is 0 Å². The van der Waals surface area contributed by atoms with Crippen LogP contribution in [0, 0.1) is 5.82 Å². The van der Waals surface area contributed by atoms with E-state index >= 15 is 0 Å². The smallest absolute Gasteiger partial charge is 0.238 e. The first kappa shape index (κ1) is 11.1. The van der Waals surface area contributed by atoms with Gasteiger partial charge in [0.25, 0.3) is 0 Å². The molecule has 0 radical (unpaired) electrons. The fraction of sp³-hybridized carbons (Fsp3) is 0.250. The van der Waals surface area contributed by atoms with Gasteiger partial charge in [0.1, 0.15) is 5.82 Å². The molecule has 1 rings (SSSR count). The molecule has 0 aliphatic carbocycles. The summed E-state index contributed by atoms with van der Waals surface area (Å²) in [6.45, 7) is 1.34. The second-order valence-corrected chi connectivity index (χ2v) is 4.43. The van der Waals surface area contributed by atoms with Crippen LogP contribution in [0.25, 0.3) is 0 Å². The summed E-state index contributed by atoms with van der Waals surface area (Å²) in [5.74, 6) is -0.617. The predicted octanol–water partition coefficient (Wildman–Crippen LogP) is 0.526. The largest absolute Gasteiger partial charge is 0.389 e. The Balaban J connectivity index is 3.45. The van der Waals surface area contributed by atoms with Gasteiger partial charge in [-0.05, 0) is 25.1 Å². The minimum Gasteiger partial charge on any atom is -0.389 e. The second kappa shape index (κ2) is 3.64. The zero-order valence-corrected chi connectivity index (χ0v) is 8.25. The zero-order chi connectivity index (χ0) is 10.9. The summed E-state index contributed by atoms with van der Waals surface area (Å²) >= 11 is 0.